The molecule has 1 aliphatic carbocycles. The third kappa shape index (κ3) is 3.30. The number of ketones is 2. The fourth-order valence-corrected chi connectivity index (χ4v) is 4.76. The third-order valence-electron chi connectivity index (χ3n) is 6.42. The van der Waals surface area contributed by atoms with Crippen molar-refractivity contribution in [2.75, 3.05) is 13.1 Å². The van der Waals surface area contributed by atoms with Crippen molar-refractivity contribution < 1.29 is 18.8 Å². The Morgan fingerprint density at radius 1 is 0.935 bits per heavy atom. The lowest BCUT2D eigenvalue weighted by Gasteiger charge is -2.32. The normalized spacial score (nSPS) is 16.2. The highest BCUT2D eigenvalue weighted by Gasteiger charge is 2.39. The number of hydrogen-bond donors (Lipinski definition) is 0. The molecule has 0 radical (unpaired) electrons. The highest BCUT2D eigenvalue weighted by Crippen LogP contribution is 2.34. The number of aryl methyl sites for hydroxylation is 1. The molecular weight excluding hydrogens is 390 g/mol. The third-order valence-corrected chi connectivity index (χ3v) is 6.42. The number of nitrogens with zero attached hydrogens (tertiary/aromatic N) is 1. The summed E-state index contributed by atoms with van der Waals surface area (Å²) in [5.74, 6) is -0.0280. The maximum atomic E-state index is 13.4. The summed E-state index contributed by atoms with van der Waals surface area (Å²) < 4.78 is 5.67. The van der Waals surface area contributed by atoms with Crippen molar-refractivity contribution >= 4 is 17.5 Å². The van der Waals surface area contributed by atoms with Gasteiger partial charge < -0.3 is 9.32 Å². The second-order valence-electron chi connectivity index (χ2n) is 8.37. The minimum absolute atomic E-state index is 0.0106. The summed E-state index contributed by atoms with van der Waals surface area (Å²) in [6.07, 6.45) is 2.83. The quantitative estimate of drug-likeness (QED) is 0.497. The van der Waals surface area contributed by atoms with Crippen LogP contribution in [0, 0.1) is 12.8 Å². The number of carbonyl (C=O) groups is 3. The van der Waals surface area contributed by atoms with Crippen LogP contribution in [0.5, 0.6) is 0 Å². The molecule has 2 heterocycles. The lowest BCUT2D eigenvalue weighted by Crippen LogP contribution is -2.39. The van der Waals surface area contributed by atoms with Crippen LogP contribution in [-0.4, -0.2) is 35.5 Å². The van der Waals surface area contributed by atoms with Gasteiger partial charge in [-0.1, -0.05) is 54.6 Å². The molecule has 1 fully saturated rings. The van der Waals surface area contributed by atoms with Crippen LogP contribution in [0.3, 0.4) is 0 Å². The van der Waals surface area contributed by atoms with E-state index >= 15 is 0 Å². The molecule has 0 unspecified atom stereocenters. The molecule has 1 saturated heterocycles. The first-order valence-electron chi connectivity index (χ1n) is 10.7. The Morgan fingerprint density at radius 3 is 2.23 bits per heavy atom. The number of carbonyl (C=O) groups excluding carboxylic acids is 3. The second kappa shape index (κ2) is 7.65. The summed E-state index contributed by atoms with van der Waals surface area (Å²) >= 11 is 0. The van der Waals surface area contributed by atoms with Gasteiger partial charge in [-0.2, -0.15) is 0 Å². The molecule has 0 saturated carbocycles. The number of furan rings is 1. The predicted octanol–water partition coefficient (Wildman–Crippen LogP) is 4.46. The van der Waals surface area contributed by atoms with E-state index in [1.807, 2.05) is 6.07 Å². The molecule has 5 rings (SSSR count). The predicted molar refractivity (Wildman–Crippen MR) is 116 cm³/mol. The van der Waals surface area contributed by atoms with Crippen molar-refractivity contribution in [3.63, 3.8) is 0 Å². The molecule has 3 aromatic rings. The van der Waals surface area contributed by atoms with E-state index in [1.54, 1.807) is 36.1 Å². The van der Waals surface area contributed by atoms with Gasteiger partial charge in [-0.3, -0.25) is 14.4 Å². The highest BCUT2D eigenvalue weighted by atomic mass is 16.4. The van der Waals surface area contributed by atoms with E-state index in [-0.39, 0.29) is 34.4 Å². The number of amides is 1. The van der Waals surface area contributed by atoms with E-state index in [1.165, 1.54) is 5.56 Å². The topological polar surface area (TPSA) is 67.6 Å². The van der Waals surface area contributed by atoms with Crippen LogP contribution in [-0.2, 0) is 6.42 Å². The summed E-state index contributed by atoms with van der Waals surface area (Å²) in [5.41, 5.74) is 2.34. The number of piperidine rings is 1. The van der Waals surface area contributed by atoms with Crippen molar-refractivity contribution in [2.45, 2.75) is 26.2 Å². The van der Waals surface area contributed by atoms with Crippen molar-refractivity contribution in [3.05, 3.63) is 93.9 Å². The summed E-state index contributed by atoms with van der Waals surface area (Å²) in [6, 6.07) is 17.1. The Bertz CT molecular complexity index is 1180. The van der Waals surface area contributed by atoms with Crippen LogP contribution in [0.2, 0.25) is 0 Å². The van der Waals surface area contributed by atoms with Crippen LogP contribution in [0.15, 0.2) is 59.0 Å². The average molecular weight is 413 g/mol. The van der Waals surface area contributed by atoms with Crippen LogP contribution in [0.1, 0.15) is 66.6 Å². The minimum atomic E-state index is -0.339. The van der Waals surface area contributed by atoms with Crippen LogP contribution in [0.25, 0.3) is 0 Å². The van der Waals surface area contributed by atoms with Crippen molar-refractivity contribution in [2.24, 2.45) is 5.92 Å². The van der Waals surface area contributed by atoms with Crippen LogP contribution < -0.4 is 0 Å². The van der Waals surface area contributed by atoms with E-state index in [9.17, 15) is 14.4 Å². The number of rotatable bonds is 3. The van der Waals surface area contributed by atoms with Gasteiger partial charge in [0.2, 0.25) is 5.78 Å². The molecule has 2 aliphatic rings. The molecule has 31 heavy (non-hydrogen) atoms. The van der Waals surface area contributed by atoms with E-state index in [0.717, 1.165) is 19.3 Å². The number of fused-ring (bicyclic) bond motifs is 2. The second-order valence-corrected chi connectivity index (χ2v) is 8.37. The molecule has 0 N–H and O–H groups in total. The standard InChI is InChI=1S/C26H23NO4/c1-16-21(22-23(28)19-9-5-6-10-20(19)24(29)25(22)31-16)26(30)27-13-11-18(12-14-27)15-17-7-3-2-4-8-17/h2-10,18H,11-15H2,1H3. The van der Waals surface area contributed by atoms with Gasteiger partial charge in [-0.15, -0.1) is 0 Å². The molecule has 0 atom stereocenters. The van der Waals surface area contributed by atoms with E-state index in [2.05, 4.69) is 24.3 Å². The Kier molecular flexibility index (Phi) is 4.81. The number of hydrogen-bond acceptors (Lipinski definition) is 4. The van der Waals surface area contributed by atoms with Crippen molar-refractivity contribution in [1.82, 2.24) is 4.90 Å². The SMILES string of the molecule is Cc1oc2c(c1C(=O)N1CCC(Cc3ccccc3)CC1)C(=O)c1ccccc1C2=O. The first-order chi connectivity index (χ1) is 15.0. The van der Waals surface area contributed by atoms with E-state index in [0.29, 0.717) is 35.9 Å². The summed E-state index contributed by atoms with van der Waals surface area (Å²) in [6.45, 7) is 2.92. The zero-order chi connectivity index (χ0) is 21.5. The lowest BCUT2D eigenvalue weighted by atomic mass is 9.85. The molecule has 0 bridgehead atoms. The van der Waals surface area contributed by atoms with Gasteiger partial charge in [0.1, 0.15) is 5.76 Å². The van der Waals surface area contributed by atoms with Gasteiger partial charge in [0.15, 0.2) is 11.5 Å². The first-order valence-corrected chi connectivity index (χ1v) is 10.7. The maximum Gasteiger partial charge on any atom is 0.258 e. The zero-order valence-electron chi connectivity index (χ0n) is 17.4. The maximum absolute atomic E-state index is 13.4. The fourth-order valence-electron chi connectivity index (χ4n) is 4.76. The molecule has 156 valence electrons. The van der Waals surface area contributed by atoms with Crippen LogP contribution in [0.4, 0.5) is 0 Å². The minimum Gasteiger partial charge on any atom is -0.456 e. The van der Waals surface area contributed by atoms with E-state index in [4.69, 9.17) is 4.42 Å². The van der Waals surface area contributed by atoms with Crippen molar-refractivity contribution in [1.29, 1.82) is 0 Å². The molecule has 1 aromatic heterocycles. The highest BCUT2D eigenvalue weighted by molar-refractivity contribution is 6.30. The van der Waals surface area contributed by atoms with Crippen molar-refractivity contribution in [3.8, 4) is 0 Å². The van der Waals surface area contributed by atoms with E-state index < -0.39 is 0 Å². The molecule has 5 heteroatoms. The Hall–Kier alpha value is -3.47. The van der Waals surface area contributed by atoms with Gasteiger partial charge >= 0.3 is 0 Å². The molecule has 2 aromatic carbocycles. The Morgan fingerprint density at radius 2 is 1.55 bits per heavy atom. The average Bonchev–Trinajstić information content (AvgIpc) is 3.15. The molecule has 1 aliphatic heterocycles. The molecule has 5 nitrogen and oxygen atoms in total. The smallest absolute Gasteiger partial charge is 0.258 e. The molecular formula is C26H23NO4. The number of likely N-dealkylation sites (tertiary alicyclic amines) is 1. The van der Waals surface area contributed by atoms with Gasteiger partial charge in [-0.05, 0) is 37.7 Å². The van der Waals surface area contributed by atoms with Gasteiger partial charge in [0.25, 0.3) is 5.91 Å². The van der Waals surface area contributed by atoms with Gasteiger partial charge in [0, 0.05) is 24.2 Å². The number of benzene rings is 2. The Balaban J connectivity index is 1.37. The molecule has 1 amide bonds. The van der Waals surface area contributed by atoms with Gasteiger partial charge in [-0.25, -0.2) is 0 Å². The van der Waals surface area contributed by atoms with Gasteiger partial charge in [0.05, 0.1) is 11.1 Å². The first kappa shape index (κ1) is 19.5. The zero-order valence-corrected chi connectivity index (χ0v) is 17.4. The Labute approximate surface area is 180 Å². The monoisotopic (exact) mass is 413 g/mol. The largest absolute Gasteiger partial charge is 0.456 e. The molecule has 0 spiro atoms. The summed E-state index contributed by atoms with van der Waals surface area (Å²) in [4.78, 5) is 41.2. The van der Waals surface area contributed by atoms with Crippen LogP contribution >= 0.6 is 0 Å². The fraction of sp³-hybridized carbons (Fsp3) is 0.269. The lowest BCUT2D eigenvalue weighted by molar-refractivity contribution is 0.0685. The summed E-state index contributed by atoms with van der Waals surface area (Å²) in [7, 11) is 0. The summed E-state index contributed by atoms with van der Waals surface area (Å²) in [5, 5.41) is 0.